The molecule has 0 aliphatic rings. The fourth-order valence-electron chi connectivity index (χ4n) is 1.55. The summed E-state index contributed by atoms with van der Waals surface area (Å²) >= 11 is 0. The summed E-state index contributed by atoms with van der Waals surface area (Å²) in [5.41, 5.74) is 13.6. The Kier molecular flexibility index (Phi) is 2.04. The highest BCUT2D eigenvalue weighted by Crippen LogP contribution is 2.20. The molecule has 0 aliphatic carbocycles. The van der Waals surface area contributed by atoms with Crippen LogP contribution >= 0.6 is 0 Å². The third-order valence-electron chi connectivity index (χ3n) is 2.27. The van der Waals surface area contributed by atoms with Crippen molar-refractivity contribution in [1.82, 2.24) is 4.98 Å². The quantitative estimate of drug-likeness (QED) is 0.640. The summed E-state index contributed by atoms with van der Waals surface area (Å²) in [6.45, 7) is 0.470. The molecule has 0 unspecified atom stereocenters. The maximum atomic E-state index is 5.87. The van der Waals surface area contributed by atoms with Crippen LogP contribution in [0.1, 0.15) is 11.6 Å². The van der Waals surface area contributed by atoms with Crippen molar-refractivity contribution in [3.05, 3.63) is 36.0 Å². The van der Waals surface area contributed by atoms with Gasteiger partial charge in [0.15, 0.2) is 0 Å². The van der Waals surface area contributed by atoms with Crippen molar-refractivity contribution in [3.63, 3.8) is 0 Å². The number of nitrogens with two attached hydrogens (primary N) is 2. The molecule has 0 amide bonds. The van der Waals surface area contributed by atoms with Crippen LogP contribution in [-0.2, 0) is 0 Å². The first-order valence-electron chi connectivity index (χ1n) is 4.34. The number of H-pyrrole nitrogens is 1. The van der Waals surface area contributed by atoms with Crippen LogP contribution in [0.4, 0.5) is 0 Å². The van der Waals surface area contributed by atoms with Gasteiger partial charge in [0, 0.05) is 18.8 Å². The van der Waals surface area contributed by atoms with Gasteiger partial charge < -0.3 is 16.5 Å². The second kappa shape index (κ2) is 3.20. The molecule has 5 N–H and O–H groups in total. The van der Waals surface area contributed by atoms with E-state index in [1.54, 1.807) is 0 Å². The van der Waals surface area contributed by atoms with Gasteiger partial charge in [0.25, 0.3) is 0 Å². The molecule has 13 heavy (non-hydrogen) atoms. The number of aromatic amines is 1. The van der Waals surface area contributed by atoms with Crippen LogP contribution in [0.5, 0.6) is 0 Å². The predicted molar refractivity (Wildman–Crippen MR) is 54.3 cm³/mol. The van der Waals surface area contributed by atoms with Gasteiger partial charge in [0.05, 0.1) is 5.52 Å². The highest BCUT2D eigenvalue weighted by molar-refractivity contribution is 5.82. The highest BCUT2D eigenvalue weighted by atomic mass is 14.7. The number of aromatic nitrogens is 1. The van der Waals surface area contributed by atoms with Crippen molar-refractivity contribution < 1.29 is 0 Å². The second-order valence-electron chi connectivity index (χ2n) is 3.13. The summed E-state index contributed by atoms with van der Waals surface area (Å²) in [7, 11) is 0. The Morgan fingerprint density at radius 3 is 2.92 bits per heavy atom. The lowest BCUT2D eigenvalue weighted by Crippen LogP contribution is -2.20. The first-order valence-corrected chi connectivity index (χ1v) is 4.34. The van der Waals surface area contributed by atoms with Crippen molar-refractivity contribution in [3.8, 4) is 0 Å². The van der Waals surface area contributed by atoms with E-state index in [0.29, 0.717) is 6.54 Å². The van der Waals surface area contributed by atoms with Crippen molar-refractivity contribution in [2.75, 3.05) is 6.54 Å². The maximum absolute atomic E-state index is 5.87. The fraction of sp³-hybridized carbons (Fsp3) is 0.200. The smallest absolute Gasteiger partial charge is 0.0502 e. The largest absolute Gasteiger partial charge is 0.361 e. The Bertz CT molecular complexity index is 405. The van der Waals surface area contributed by atoms with Crippen LogP contribution in [0.15, 0.2) is 30.5 Å². The first-order chi connectivity index (χ1) is 6.33. The van der Waals surface area contributed by atoms with E-state index >= 15 is 0 Å². The topological polar surface area (TPSA) is 67.8 Å². The van der Waals surface area contributed by atoms with Gasteiger partial charge >= 0.3 is 0 Å². The fourth-order valence-corrected chi connectivity index (χ4v) is 1.55. The molecule has 1 aromatic heterocycles. The van der Waals surface area contributed by atoms with Gasteiger partial charge in [-0.15, -0.1) is 0 Å². The van der Waals surface area contributed by atoms with Gasteiger partial charge in [-0.1, -0.05) is 18.2 Å². The average molecular weight is 175 g/mol. The number of para-hydroxylation sites is 1. The van der Waals surface area contributed by atoms with Crippen LogP contribution in [0.25, 0.3) is 10.9 Å². The Labute approximate surface area is 76.7 Å². The molecule has 1 atom stereocenters. The molecule has 0 saturated carbocycles. The van der Waals surface area contributed by atoms with Gasteiger partial charge in [-0.05, 0) is 17.0 Å². The molecule has 3 nitrogen and oxygen atoms in total. The van der Waals surface area contributed by atoms with E-state index in [0.717, 1.165) is 11.1 Å². The summed E-state index contributed by atoms with van der Waals surface area (Å²) in [4.78, 5) is 3.17. The number of benzene rings is 1. The summed E-state index contributed by atoms with van der Waals surface area (Å²) in [6, 6.07) is 8.01. The Hall–Kier alpha value is -1.32. The lowest BCUT2D eigenvalue weighted by molar-refractivity contribution is 0.742. The third kappa shape index (κ3) is 1.32. The monoisotopic (exact) mass is 175 g/mol. The molecular weight excluding hydrogens is 162 g/mol. The lowest BCUT2D eigenvalue weighted by Gasteiger charge is -2.09. The third-order valence-corrected chi connectivity index (χ3v) is 2.27. The second-order valence-corrected chi connectivity index (χ2v) is 3.13. The number of nitrogens with one attached hydrogen (secondary N) is 1. The molecule has 2 rings (SSSR count). The minimum Gasteiger partial charge on any atom is -0.361 e. The molecule has 0 radical (unpaired) electrons. The Balaban J connectivity index is 2.60. The van der Waals surface area contributed by atoms with Gasteiger partial charge in [0.1, 0.15) is 0 Å². The molecule has 3 heteroatoms. The molecule has 2 aromatic rings. The van der Waals surface area contributed by atoms with Crippen molar-refractivity contribution in [2.45, 2.75) is 6.04 Å². The van der Waals surface area contributed by atoms with E-state index in [9.17, 15) is 0 Å². The molecule has 0 aliphatic heterocycles. The first kappa shape index (κ1) is 8.29. The van der Waals surface area contributed by atoms with E-state index in [-0.39, 0.29) is 6.04 Å². The molecule has 0 saturated heterocycles. The van der Waals surface area contributed by atoms with E-state index in [1.807, 2.05) is 24.4 Å². The van der Waals surface area contributed by atoms with Gasteiger partial charge in [-0.25, -0.2) is 0 Å². The van der Waals surface area contributed by atoms with Crippen LogP contribution in [0.2, 0.25) is 0 Å². The number of fused-ring (bicyclic) bond motifs is 1. The standard InChI is InChI=1S/C10H13N3/c11-6-9(12)8-3-1-2-7-4-5-13-10(7)8/h1-5,9,13H,6,11-12H2/t9-/m1/s1. The minimum atomic E-state index is -0.0812. The van der Waals surface area contributed by atoms with Crippen LogP contribution in [-0.4, -0.2) is 11.5 Å². The zero-order chi connectivity index (χ0) is 9.26. The van der Waals surface area contributed by atoms with E-state index in [2.05, 4.69) is 11.1 Å². The SMILES string of the molecule is NC[C@@H](N)c1cccc2cc[nH]c12. The summed E-state index contributed by atoms with van der Waals surface area (Å²) < 4.78 is 0. The van der Waals surface area contributed by atoms with E-state index in [4.69, 9.17) is 11.5 Å². The Morgan fingerprint density at radius 2 is 2.15 bits per heavy atom. The minimum absolute atomic E-state index is 0.0812. The molecule has 0 fully saturated rings. The van der Waals surface area contributed by atoms with E-state index in [1.165, 1.54) is 5.39 Å². The normalized spacial score (nSPS) is 13.4. The summed E-state index contributed by atoms with van der Waals surface area (Å²) in [6.07, 6.45) is 1.91. The molecule has 0 spiro atoms. The predicted octanol–water partition coefficient (Wildman–Crippen LogP) is 1.13. The van der Waals surface area contributed by atoms with E-state index < -0.39 is 0 Å². The molecule has 1 aromatic carbocycles. The van der Waals surface area contributed by atoms with Crippen molar-refractivity contribution in [2.24, 2.45) is 11.5 Å². The number of rotatable bonds is 2. The maximum Gasteiger partial charge on any atom is 0.0502 e. The van der Waals surface area contributed by atoms with Gasteiger partial charge in [-0.3, -0.25) is 0 Å². The molecule has 68 valence electrons. The molecular formula is C10H13N3. The average Bonchev–Trinajstić information content (AvgIpc) is 2.63. The number of hydrogen-bond acceptors (Lipinski definition) is 2. The summed E-state index contributed by atoms with van der Waals surface area (Å²) in [5, 5.41) is 1.18. The van der Waals surface area contributed by atoms with Crippen molar-refractivity contribution >= 4 is 10.9 Å². The Morgan fingerprint density at radius 1 is 1.31 bits per heavy atom. The van der Waals surface area contributed by atoms with Gasteiger partial charge in [0.2, 0.25) is 0 Å². The highest BCUT2D eigenvalue weighted by Gasteiger charge is 2.07. The summed E-state index contributed by atoms with van der Waals surface area (Å²) in [5.74, 6) is 0. The zero-order valence-electron chi connectivity index (χ0n) is 7.33. The van der Waals surface area contributed by atoms with Crippen LogP contribution < -0.4 is 11.5 Å². The zero-order valence-corrected chi connectivity index (χ0v) is 7.33. The van der Waals surface area contributed by atoms with Crippen LogP contribution in [0.3, 0.4) is 0 Å². The van der Waals surface area contributed by atoms with Crippen molar-refractivity contribution in [1.29, 1.82) is 0 Å². The van der Waals surface area contributed by atoms with Gasteiger partial charge in [-0.2, -0.15) is 0 Å². The lowest BCUT2D eigenvalue weighted by atomic mass is 10.1. The van der Waals surface area contributed by atoms with Crippen LogP contribution in [0, 0.1) is 0 Å². The number of hydrogen-bond donors (Lipinski definition) is 3. The molecule has 1 heterocycles. The molecule has 0 bridgehead atoms.